The van der Waals surface area contributed by atoms with E-state index in [2.05, 4.69) is 92.7 Å². The number of benzene rings is 4. The number of ether oxygens (including phenoxy) is 4. The Morgan fingerprint density at radius 2 is 0.561 bits per heavy atom. The van der Waals surface area contributed by atoms with Crippen molar-refractivity contribution in [1.82, 2.24) is 19.9 Å². The molecule has 285 valence electrons. The third-order valence-corrected chi connectivity index (χ3v) is 15.2. The number of hydrogen-bond acceptors (Lipinski definition) is 6. The summed E-state index contributed by atoms with van der Waals surface area (Å²) in [5, 5.41) is 0. The zero-order chi connectivity index (χ0) is 39.2. The second kappa shape index (κ2) is 16.5. The van der Waals surface area contributed by atoms with Crippen LogP contribution in [0, 0.1) is 0 Å². The molecule has 2 N–H and O–H groups in total. The Bertz CT molecular complexity index is 2350. The van der Waals surface area contributed by atoms with Gasteiger partial charge in [0.25, 0.3) is 0 Å². The van der Waals surface area contributed by atoms with E-state index in [4.69, 9.17) is 18.9 Å². The van der Waals surface area contributed by atoms with E-state index in [9.17, 15) is 0 Å². The Kier molecular flexibility index (Phi) is 10.8. The fourth-order valence-corrected chi connectivity index (χ4v) is 12.2. The Morgan fingerprint density at radius 1 is 0.333 bits per heavy atom. The molecular formula is C48H42MnN4O4. The zero-order valence-corrected chi connectivity index (χ0v) is 33.3. The van der Waals surface area contributed by atoms with Gasteiger partial charge in [0.15, 0.2) is 0 Å². The number of methoxy groups -OCH3 is 4. The first kappa shape index (κ1) is 37.1. The van der Waals surface area contributed by atoms with Gasteiger partial charge >= 0.3 is 198 Å². The van der Waals surface area contributed by atoms with Crippen molar-refractivity contribution < 1.29 is 31.8 Å². The molecule has 0 saturated carbocycles. The Balaban J connectivity index is 0.000000167. The molecule has 0 aliphatic carbocycles. The number of nitrogens with one attached hydrogen (secondary N) is 2. The van der Waals surface area contributed by atoms with Crippen molar-refractivity contribution in [3.63, 3.8) is 0 Å². The van der Waals surface area contributed by atoms with E-state index in [0.717, 1.165) is 67.8 Å². The van der Waals surface area contributed by atoms with E-state index in [1.54, 1.807) is 28.4 Å². The quantitative estimate of drug-likeness (QED) is 0.151. The van der Waals surface area contributed by atoms with Gasteiger partial charge < -0.3 is 9.97 Å². The van der Waals surface area contributed by atoms with Gasteiger partial charge in [-0.1, -0.05) is 0 Å². The van der Waals surface area contributed by atoms with Crippen LogP contribution in [-0.4, -0.2) is 48.4 Å². The second-order valence-electron chi connectivity index (χ2n) is 13.1. The van der Waals surface area contributed by atoms with Gasteiger partial charge in [-0.05, 0) is 72.8 Å². The van der Waals surface area contributed by atoms with Crippen LogP contribution in [0.15, 0.2) is 146 Å². The van der Waals surface area contributed by atoms with Crippen molar-refractivity contribution in [2.45, 2.75) is 0 Å². The van der Waals surface area contributed by atoms with E-state index in [1.165, 1.54) is 17.8 Å². The Hall–Kier alpha value is -6.80. The summed E-state index contributed by atoms with van der Waals surface area (Å²) in [6.45, 7) is 0. The molecule has 5 heterocycles. The number of hydrogen-bond donors (Lipinski definition) is 2. The number of fused-ring (bicyclic) bond motifs is 8. The molecule has 0 atom stereocenters. The molecule has 0 fully saturated rings. The Labute approximate surface area is 334 Å². The van der Waals surface area contributed by atoms with Crippen molar-refractivity contribution in [1.29, 1.82) is 0 Å². The molecule has 3 aromatic heterocycles. The van der Waals surface area contributed by atoms with Crippen molar-refractivity contribution in [3.8, 4) is 23.0 Å². The van der Waals surface area contributed by atoms with Crippen LogP contribution in [0.1, 0.15) is 22.8 Å². The third kappa shape index (κ3) is 7.98. The molecule has 57 heavy (non-hydrogen) atoms. The number of nitrogens with zero attached hydrogens (tertiary/aromatic N) is 2. The van der Waals surface area contributed by atoms with Gasteiger partial charge in [0.2, 0.25) is 0 Å². The average Bonchev–Trinajstić information content (AvgIpc) is 4.10. The summed E-state index contributed by atoms with van der Waals surface area (Å²) in [6, 6.07) is 50.1. The third-order valence-electron chi connectivity index (χ3n) is 9.55. The molecule has 2 aliphatic heterocycles. The molecular weight excluding hydrogens is 751 g/mol. The van der Waals surface area contributed by atoms with Crippen molar-refractivity contribution in [2.24, 2.45) is 0 Å². The van der Waals surface area contributed by atoms with Crippen LogP contribution in [0.3, 0.4) is 0 Å². The number of rotatable bonds is 8. The van der Waals surface area contributed by atoms with E-state index < -0.39 is 12.8 Å². The van der Waals surface area contributed by atoms with Crippen LogP contribution in [0.2, 0.25) is 0 Å². The fourth-order valence-electron chi connectivity index (χ4n) is 6.74. The van der Waals surface area contributed by atoms with Crippen LogP contribution < -0.4 is 36.8 Å². The molecule has 8 nitrogen and oxygen atoms in total. The molecule has 9 rings (SSSR count). The van der Waals surface area contributed by atoms with Gasteiger partial charge in [0, 0.05) is 22.1 Å². The summed E-state index contributed by atoms with van der Waals surface area (Å²) >= 11 is -2.69. The standard InChI is InChI=1S/C20H14N4.4C7H7O.Mn/c1-2-14-10-16-5-6-18(23-16)12-20-8-7-19(24-20)11-17-4-3-15(22-17)9-13(1)21-14;4*1-8-7-5-3-2-4-6-7;/h1-12,21,24H;4*3-6H,1H3;. The molecule has 4 aromatic carbocycles. The molecule has 0 radical (unpaired) electrons. The van der Waals surface area contributed by atoms with E-state index in [1.807, 2.05) is 97.1 Å². The summed E-state index contributed by atoms with van der Waals surface area (Å²) in [5.74, 6) is 3.34. The zero-order valence-electron chi connectivity index (χ0n) is 32.1. The topological polar surface area (TPSA) is 94.3 Å². The predicted octanol–water partition coefficient (Wildman–Crippen LogP) is 8.13. The number of aromatic amines is 2. The molecule has 8 bridgehead atoms. The summed E-state index contributed by atoms with van der Waals surface area (Å²) < 4.78 is 26.8. The van der Waals surface area contributed by atoms with Crippen molar-refractivity contribution in [3.05, 3.63) is 168 Å². The van der Waals surface area contributed by atoms with Gasteiger partial charge in [0.05, 0.1) is 22.8 Å². The fraction of sp³-hybridized carbons (Fsp3) is 0.0833. The monoisotopic (exact) mass is 793 g/mol. The van der Waals surface area contributed by atoms with Gasteiger partial charge in [-0.15, -0.1) is 0 Å². The minimum absolute atomic E-state index is 0.834. The first-order chi connectivity index (χ1) is 27.9. The molecule has 0 spiro atoms. The van der Waals surface area contributed by atoms with Gasteiger partial charge in [0.1, 0.15) is 0 Å². The molecule has 0 unspecified atom stereocenters. The maximum atomic E-state index is 5.46. The maximum absolute atomic E-state index is 5.46. The van der Waals surface area contributed by atoms with Gasteiger partial charge in [-0.3, -0.25) is 0 Å². The average molecular weight is 794 g/mol. The van der Waals surface area contributed by atoms with Gasteiger partial charge in [-0.25, -0.2) is 9.97 Å². The van der Waals surface area contributed by atoms with Gasteiger partial charge in [-0.2, -0.15) is 0 Å². The SMILES string of the molecule is C1=Cc2cc3ccc(cc4nc(cc5ccc(cc1n2)[nH]5)C=C4)[nH]3.COc1cc[c]([Mn]([c]2ccc(OC)cc2)([c]2ccc(OC)cc2)[c]2ccc(OC)cc2)cc1. The van der Waals surface area contributed by atoms with Crippen molar-refractivity contribution in [2.75, 3.05) is 28.4 Å². The van der Waals surface area contributed by atoms with Crippen LogP contribution in [0.4, 0.5) is 0 Å². The minimum atomic E-state index is -2.69. The summed E-state index contributed by atoms with van der Waals surface area (Å²) in [7, 11) is 6.76. The number of H-pyrrole nitrogens is 2. The van der Waals surface area contributed by atoms with Crippen LogP contribution >= 0.6 is 0 Å². The normalized spacial score (nSPS) is 12.0. The predicted molar refractivity (Wildman–Crippen MR) is 229 cm³/mol. The first-order valence-corrected chi connectivity index (χ1v) is 20.7. The van der Waals surface area contributed by atoms with E-state index in [-0.39, 0.29) is 0 Å². The van der Waals surface area contributed by atoms with E-state index >= 15 is 0 Å². The molecule has 9 heteroatoms. The molecule has 0 amide bonds. The summed E-state index contributed by atoms with van der Waals surface area (Å²) in [6.07, 6.45) is 8.09. The Morgan fingerprint density at radius 3 is 0.772 bits per heavy atom. The van der Waals surface area contributed by atoms with Crippen LogP contribution in [0.25, 0.3) is 46.4 Å². The summed E-state index contributed by atoms with van der Waals surface area (Å²) in [4.78, 5) is 16.0. The molecule has 0 saturated heterocycles. The van der Waals surface area contributed by atoms with Crippen molar-refractivity contribution >= 4 is 64.2 Å². The number of aromatic nitrogens is 4. The molecule has 2 aliphatic rings. The second-order valence-corrected chi connectivity index (χ2v) is 17.6. The van der Waals surface area contributed by atoms with Crippen LogP contribution in [0.5, 0.6) is 23.0 Å². The summed E-state index contributed by atoms with van der Waals surface area (Å²) in [5.41, 5.74) is 7.86. The van der Waals surface area contributed by atoms with E-state index in [0.29, 0.717) is 0 Å². The molecule has 7 aromatic rings. The van der Waals surface area contributed by atoms with Crippen LogP contribution in [-0.2, 0) is 12.8 Å². The first-order valence-electron chi connectivity index (χ1n) is 18.3.